The van der Waals surface area contributed by atoms with Crippen molar-refractivity contribution in [3.8, 4) is 11.4 Å². The van der Waals surface area contributed by atoms with Crippen molar-refractivity contribution in [2.45, 2.75) is 6.92 Å². The van der Waals surface area contributed by atoms with Crippen LogP contribution in [0.4, 0.5) is 0 Å². The van der Waals surface area contributed by atoms with E-state index in [1.807, 2.05) is 31.2 Å². The summed E-state index contributed by atoms with van der Waals surface area (Å²) >= 11 is 18.6. The molecule has 0 saturated heterocycles. The molecule has 1 heterocycles. The molecule has 3 rings (SSSR count). The number of rotatable bonds is 1. The first-order valence-electron chi connectivity index (χ1n) is 5.95. The molecule has 0 saturated carbocycles. The van der Waals surface area contributed by atoms with Gasteiger partial charge < -0.3 is 0 Å². The largest absolute Gasteiger partial charge is 0.226 e. The lowest BCUT2D eigenvalue weighted by Gasteiger charge is -2.09. The highest BCUT2D eigenvalue weighted by molar-refractivity contribution is 6.44. The van der Waals surface area contributed by atoms with E-state index in [0.717, 1.165) is 11.1 Å². The summed E-state index contributed by atoms with van der Waals surface area (Å²) in [7, 11) is 0. The Hall–Kier alpha value is -1.35. The molecule has 0 aliphatic heterocycles. The van der Waals surface area contributed by atoms with Gasteiger partial charge in [-0.25, -0.2) is 9.97 Å². The third-order valence-corrected chi connectivity index (χ3v) is 3.99. The van der Waals surface area contributed by atoms with E-state index in [1.54, 1.807) is 12.1 Å². The van der Waals surface area contributed by atoms with E-state index in [9.17, 15) is 0 Å². The molecule has 5 heteroatoms. The minimum Gasteiger partial charge on any atom is -0.226 e. The van der Waals surface area contributed by atoms with Crippen LogP contribution < -0.4 is 0 Å². The predicted molar refractivity (Wildman–Crippen MR) is 84.7 cm³/mol. The highest BCUT2D eigenvalue weighted by Crippen LogP contribution is 2.34. The van der Waals surface area contributed by atoms with Crippen molar-refractivity contribution in [3.63, 3.8) is 0 Å². The molecule has 3 aromatic rings. The number of halogens is 3. The molecule has 0 radical (unpaired) electrons. The fraction of sp³-hybridized carbons (Fsp3) is 0.0667. The number of aromatic nitrogens is 2. The summed E-state index contributed by atoms with van der Waals surface area (Å²) in [5.41, 5.74) is 2.56. The van der Waals surface area contributed by atoms with Gasteiger partial charge >= 0.3 is 0 Å². The fourth-order valence-electron chi connectivity index (χ4n) is 2.07. The van der Waals surface area contributed by atoms with Crippen molar-refractivity contribution in [1.29, 1.82) is 0 Å². The highest BCUT2D eigenvalue weighted by atomic mass is 35.5. The molecule has 20 heavy (non-hydrogen) atoms. The van der Waals surface area contributed by atoms with Crippen LogP contribution >= 0.6 is 34.8 Å². The van der Waals surface area contributed by atoms with Crippen LogP contribution in [0.15, 0.2) is 36.4 Å². The molecule has 0 atom stereocenters. The van der Waals surface area contributed by atoms with Crippen LogP contribution in [0.2, 0.25) is 15.2 Å². The number of nitrogens with zero attached hydrogens (tertiary/aromatic N) is 2. The Kier molecular flexibility index (Phi) is 3.55. The second-order valence-electron chi connectivity index (χ2n) is 4.41. The Morgan fingerprint density at radius 2 is 1.55 bits per heavy atom. The normalized spacial score (nSPS) is 11.0. The molecule has 2 aromatic carbocycles. The summed E-state index contributed by atoms with van der Waals surface area (Å²) in [4.78, 5) is 8.86. The molecule has 1 aromatic heterocycles. The molecular formula is C15H9Cl3N2. The smallest absolute Gasteiger partial charge is 0.161 e. The van der Waals surface area contributed by atoms with Gasteiger partial charge in [0.1, 0.15) is 5.15 Å². The van der Waals surface area contributed by atoms with E-state index in [4.69, 9.17) is 34.8 Å². The molecule has 0 fully saturated rings. The maximum absolute atomic E-state index is 6.25. The van der Waals surface area contributed by atoms with Gasteiger partial charge in [-0.05, 0) is 24.6 Å². The second kappa shape index (κ2) is 5.21. The van der Waals surface area contributed by atoms with E-state index >= 15 is 0 Å². The van der Waals surface area contributed by atoms with Crippen LogP contribution in [-0.2, 0) is 0 Å². The standard InChI is InChI=1S/C15H9Cl3N2/c1-8-4-2-3-5-9(8)15-19-13-11(17)7-6-10(16)12(13)14(18)20-15/h2-7H,1H3. The number of aryl methyl sites for hydroxylation is 1. The van der Waals surface area contributed by atoms with Crippen molar-refractivity contribution in [2.24, 2.45) is 0 Å². The van der Waals surface area contributed by atoms with Crippen molar-refractivity contribution >= 4 is 45.7 Å². The summed E-state index contributed by atoms with van der Waals surface area (Å²) in [5.74, 6) is 0.546. The Balaban J connectivity index is 2.36. The monoisotopic (exact) mass is 322 g/mol. The van der Waals surface area contributed by atoms with Gasteiger partial charge in [0.05, 0.1) is 20.9 Å². The zero-order valence-corrected chi connectivity index (χ0v) is 12.8. The second-order valence-corrected chi connectivity index (χ2v) is 5.58. The van der Waals surface area contributed by atoms with E-state index in [-0.39, 0.29) is 0 Å². The first kappa shape index (κ1) is 13.6. The maximum Gasteiger partial charge on any atom is 0.161 e. The van der Waals surface area contributed by atoms with Crippen LogP contribution in [-0.4, -0.2) is 9.97 Å². The Labute approximate surface area is 131 Å². The van der Waals surface area contributed by atoms with Crippen molar-refractivity contribution in [1.82, 2.24) is 9.97 Å². The lowest BCUT2D eigenvalue weighted by Crippen LogP contribution is -1.94. The zero-order chi connectivity index (χ0) is 14.3. The van der Waals surface area contributed by atoms with E-state index in [0.29, 0.717) is 31.9 Å². The third-order valence-electron chi connectivity index (χ3n) is 3.09. The first-order chi connectivity index (χ1) is 9.58. The van der Waals surface area contributed by atoms with Crippen LogP contribution in [0.1, 0.15) is 5.56 Å². The Bertz CT molecular complexity index is 816. The summed E-state index contributed by atoms with van der Waals surface area (Å²) in [6.07, 6.45) is 0. The van der Waals surface area contributed by atoms with E-state index < -0.39 is 0 Å². The van der Waals surface area contributed by atoms with Crippen molar-refractivity contribution < 1.29 is 0 Å². The average Bonchev–Trinajstić information content (AvgIpc) is 2.43. The number of hydrogen-bond acceptors (Lipinski definition) is 2. The molecule has 0 amide bonds. The minimum atomic E-state index is 0.306. The van der Waals surface area contributed by atoms with Crippen LogP contribution in [0, 0.1) is 6.92 Å². The molecule has 2 nitrogen and oxygen atoms in total. The summed E-state index contributed by atoms with van der Waals surface area (Å²) in [5, 5.41) is 1.88. The summed E-state index contributed by atoms with van der Waals surface area (Å²) in [6, 6.07) is 11.2. The molecule has 0 unspecified atom stereocenters. The zero-order valence-electron chi connectivity index (χ0n) is 10.5. The number of benzene rings is 2. The molecule has 100 valence electrons. The quantitative estimate of drug-likeness (QED) is 0.547. The molecule has 0 aliphatic rings. The molecule has 0 aliphatic carbocycles. The van der Waals surface area contributed by atoms with Gasteiger partial charge in [0.2, 0.25) is 0 Å². The van der Waals surface area contributed by atoms with Gasteiger partial charge in [-0.1, -0.05) is 59.1 Å². The van der Waals surface area contributed by atoms with E-state index in [2.05, 4.69) is 9.97 Å². The van der Waals surface area contributed by atoms with Crippen LogP contribution in [0.25, 0.3) is 22.3 Å². The molecule has 0 spiro atoms. The van der Waals surface area contributed by atoms with Crippen molar-refractivity contribution in [2.75, 3.05) is 0 Å². The van der Waals surface area contributed by atoms with Crippen molar-refractivity contribution in [3.05, 3.63) is 57.2 Å². The van der Waals surface area contributed by atoms with Gasteiger partial charge in [-0.15, -0.1) is 0 Å². The maximum atomic E-state index is 6.25. The fourth-order valence-corrected chi connectivity index (χ4v) is 2.83. The Morgan fingerprint density at radius 3 is 2.30 bits per heavy atom. The van der Waals surface area contributed by atoms with Gasteiger partial charge in [-0.2, -0.15) is 0 Å². The topological polar surface area (TPSA) is 25.8 Å². The van der Waals surface area contributed by atoms with Gasteiger partial charge in [0.25, 0.3) is 0 Å². The number of fused-ring (bicyclic) bond motifs is 1. The average molecular weight is 324 g/mol. The SMILES string of the molecule is Cc1ccccc1-c1nc(Cl)c2c(Cl)ccc(Cl)c2n1. The van der Waals surface area contributed by atoms with E-state index in [1.165, 1.54) is 0 Å². The minimum absolute atomic E-state index is 0.306. The molecular weight excluding hydrogens is 315 g/mol. The van der Waals surface area contributed by atoms with Crippen LogP contribution in [0.3, 0.4) is 0 Å². The lowest BCUT2D eigenvalue weighted by atomic mass is 10.1. The first-order valence-corrected chi connectivity index (χ1v) is 7.08. The third kappa shape index (κ3) is 2.24. The van der Waals surface area contributed by atoms with Gasteiger partial charge in [0.15, 0.2) is 5.82 Å². The van der Waals surface area contributed by atoms with Gasteiger partial charge in [0, 0.05) is 5.56 Å². The predicted octanol–water partition coefficient (Wildman–Crippen LogP) is 5.57. The lowest BCUT2D eigenvalue weighted by molar-refractivity contribution is 1.21. The molecule has 0 bridgehead atoms. The highest BCUT2D eigenvalue weighted by Gasteiger charge is 2.14. The Morgan fingerprint density at radius 1 is 0.850 bits per heavy atom. The summed E-state index contributed by atoms with van der Waals surface area (Å²) < 4.78 is 0. The molecule has 0 N–H and O–H groups in total. The summed E-state index contributed by atoms with van der Waals surface area (Å²) in [6.45, 7) is 2.00. The number of hydrogen-bond donors (Lipinski definition) is 0. The van der Waals surface area contributed by atoms with Gasteiger partial charge in [-0.3, -0.25) is 0 Å². The van der Waals surface area contributed by atoms with Crippen LogP contribution in [0.5, 0.6) is 0 Å².